The standard InChI is InChI=1S/C24H23FN6O2/c1-14-18(10-28-30(14)4)20-9-17-22(26-13-27-23(17)33-20)19-11-31(12-24(2,3)32)29-21(19)15-5-7-16(25)8-6-15/h5-11,13,32H,12H2,1-4H3. The first kappa shape index (κ1) is 21.0. The second kappa shape index (κ2) is 7.63. The number of aromatic nitrogens is 6. The highest BCUT2D eigenvalue weighted by Crippen LogP contribution is 2.37. The van der Waals surface area contributed by atoms with Crippen molar-refractivity contribution in [1.29, 1.82) is 0 Å². The number of aliphatic hydroxyl groups is 1. The van der Waals surface area contributed by atoms with Crippen molar-refractivity contribution in [3.63, 3.8) is 0 Å². The largest absolute Gasteiger partial charge is 0.437 e. The van der Waals surface area contributed by atoms with E-state index in [9.17, 15) is 9.50 Å². The number of rotatable bonds is 5. The van der Waals surface area contributed by atoms with E-state index >= 15 is 0 Å². The van der Waals surface area contributed by atoms with Gasteiger partial charge in [-0.25, -0.2) is 14.4 Å². The molecule has 0 radical (unpaired) electrons. The fourth-order valence-electron chi connectivity index (χ4n) is 3.84. The lowest BCUT2D eigenvalue weighted by molar-refractivity contribution is 0.0578. The lowest BCUT2D eigenvalue weighted by Crippen LogP contribution is -2.26. The SMILES string of the molecule is Cc1c(-c2cc3c(-c4cn(CC(C)(C)O)nc4-c4ccc(F)cc4)ncnc3o2)cnn1C. The molecule has 0 amide bonds. The van der Waals surface area contributed by atoms with Crippen LogP contribution in [0.25, 0.3) is 44.9 Å². The van der Waals surface area contributed by atoms with Crippen molar-refractivity contribution in [1.82, 2.24) is 29.5 Å². The maximum atomic E-state index is 13.6. The average molecular weight is 446 g/mol. The zero-order valence-electron chi connectivity index (χ0n) is 18.7. The summed E-state index contributed by atoms with van der Waals surface area (Å²) in [6, 6.07) is 8.04. The van der Waals surface area contributed by atoms with E-state index in [1.807, 2.05) is 26.2 Å². The first-order chi connectivity index (χ1) is 15.7. The molecule has 0 aliphatic rings. The van der Waals surface area contributed by atoms with Crippen molar-refractivity contribution < 1.29 is 13.9 Å². The van der Waals surface area contributed by atoms with Gasteiger partial charge >= 0.3 is 0 Å². The number of fused-ring (bicyclic) bond motifs is 1. The average Bonchev–Trinajstić information content (AvgIpc) is 3.45. The number of benzene rings is 1. The molecule has 0 atom stereocenters. The minimum atomic E-state index is -0.967. The molecule has 0 saturated heterocycles. The summed E-state index contributed by atoms with van der Waals surface area (Å²) in [6.45, 7) is 5.68. The van der Waals surface area contributed by atoms with Crippen LogP contribution in [0.5, 0.6) is 0 Å². The Morgan fingerprint density at radius 3 is 2.52 bits per heavy atom. The van der Waals surface area contributed by atoms with Crippen LogP contribution < -0.4 is 0 Å². The van der Waals surface area contributed by atoms with Crippen LogP contribution in [0.3, 0.4) is 0 Å². The number of aryl methyl sites for hydroxylation is 1. The third-order valence-electron chi connectivity index (χ3n) is 5.51. The molecular formula is C24H23FN6O2. The Balaban J connectivity index is 1.70. The molecule has 8 nitrogen and oxygen atoms in total. The number of furan rings is 1. The van der Waals surface area contributed by atoms with Crippen molar-refractivity contribution >= 4 is 11.1 Å². The van der Waals surface area contributed by atoms with Gasteiger partial charge in [0.05, 0.1) is 35.0 Å². The summed E-state index contributed by atoms with van der Waals surface area (Å²) in [6.07, 6.45) is 5.04. The Morgan fingerprint density at radius 1 is 1.09 bits per heavy atom. The van der Waals surface area contributed by atoms with Gasteiger partial charge in [-0.1, -0.05) is 0 Å². The monoisotopic (exact) mass is 446 g/mol. The third kappa shape index (κ3) is 3.91. The quantitative estimate of drug-likeness (QED) is 0.431. The van der Waals surface area contributed by atoms with Crippen LogP contribution in [-0.4, -0.2) is 40.2 Å². The molecule has 0 saturated carbocycles. The minimum Gasteiger partial charge on any atom is -0.437 e. The zero-order valence-corrected chi connectivity index (χ0v) is 18.7. The van der Waals surface area contributed by atoms with Crippen LogP contribution in [0.15, 0.2) is 53.5 Å². The second-order valence-electron chi connectivity index (χ2n) is 8.73. The summed E-state index contributed by atoms with van der Waals surface area (Å²) >= 11 is 0. The highest BCUT2D eigenvalue weighted by atomic mass is 19.1. The molecule has 4 heterocycles. The van der Waals surface area contributed by atoms with Crippen molar-refractivity contribution in [2.24, 2.45) is 7.05 Å². The predicted octanol–water partition coefficient (Wildman–Crippen LogP) is 4.37. The van der Waals surface area contributed by atoms with E-state index in [0.29, 0.717) is 22.9 Å². The fraction of sp³-hybridized carbons (Fsp3) is 0.250. The Labute approximate surface area is 189 Å². The molecule has 0 fully saturated rings. The number of nitrogens with zero attached hydrogens (tertiary/aromatic N) is 6. The number of halogens is 1. The topological polar surface area (TPSA) is 94.8 Å². The molecule has 1 N–H and O–H groups in total. The van der Waals surface area contributed by atoms with Crippen LogP contribution in [0.2, 0.25) is 0 Å². The summed E-state index contributed by atoms with van der Waals surface area (Å²) in [7, 11) is 1.87. The molecule has 33 heavy (non-hydrogen) atoms. The van der Waals surface area contributed by atoms with E-state index in [0.717, 1.165) is 27.8 Å². The molecule has 0 spiro atoms. The Hall–Kier alpha value is -3.85. The summed E-state index contributed by atoms with van der Waals surface area (Å²) in [5, 5.41) is 20.0. The van der Waals surface area contributed by atoms with Crippen molar-refractivity contribution in [2.45, 2.75) is 32.9 Å². The maximum absolute atomic E-state index is 13.6. The van der Waals surface area contributed by atoms with Gasteiger partial charge in [0.15, 0.2) is 0 Å². The summed E-state index contributed by atoms with van der Waals surface area (Å²) < 4.78 is 23.1. The maximum Gasteiger partial charge on any atom is 0.230 e. The van der Waals surface area contributed by atoms with E-state index in [4.69, 9.17) is 9.52 Å². The predicted molar refractivity (Wildman–Crippen MR) is 122 cm³/mol. The van der Waals surface area contributed by atoms with Gasteiger partial charge in [-0.2, -0.15) is 10.2 Å². The van der Waals surface area contributed by atoms with E-state index in [-0.39, 0.29) is 12.4 Å². The molecule has 9 heteroatoms. The van der Waals surface area contributed by atoms with Gasteiger partial charge in [-0.05, 0) is 51.1 Å². The lowest BCUT2D eigenvalue weighted by Gasteiger charge is -2.16. The van der Waals surface area contributed by atoms with E-state index in [1.165, 1.54) is 18.5 Å². The van der Waals surface area contributed by atoms with Crippen LogP contribution in [0.4, 0.5) is 4.39 Å². The molecule has 5 aromatic rings. The molecule has 0 aliphatic heterocycles. The summed E-state index contributed by atoms with van der Waals surface area (Å²) in [5.41, 5.74) is 4.04. The number of hydrogen-bond donors (Lipinski definition) is 1. The molecule has 0 bridgehead atoms. The van der Waals surface area contributed by atoms with Crippen molar-refractivity contribution in [3.8, 4) is 33.8 Å². The minimum absolute atomic E-state index is 0.279. The number of hydrogen-bond acceptors (Lipinski definition) is 6. The van der Waals surface area contributed by atoms with Crippen LogP contribution in [0, 0.1) is 12.7 Å². The Bertz CT molecular complexity index is 1460. The Kier molecular flexibility index (Phi) is 4.86. The van der Waals surface area contributed by atoms with Gasteiger partial charge in [0, 0.05) is 30.1 Å². The van der Waals surface area contributed by atoms with Gasteiger partial charge < -0.3 is 9.52 Å². The molecule has 168 valence electrons. The van der Waals surface area contributed by atoms with Crippen LogP contribution in [0.1, 0.15) is 19.5 Å². The highest BCUT2D eigenvalue weighted by molar-refractivity contribution is 5.96. The first-order valence-corrected chi connectivity index (χ1v) is 10.5. The lowest BCUT2D eigenvalue weighted by atomic mass is 10.0. The molecule has 0 aliphatic carbocycles. The molecule has 4 aromatic heterocycles. The van der Waals surface area contributed by atoms with Gasteiger partial charge in [0.2, 0.25) is 5.71 Å². The first-order valence-electron chi connectivity index (χ1n) is 10.5. The van der Waals surface area contributed by atoms with Gasteiger partial charge in [0.1, 0.15) is 23.6 Å². The Morgan fingerprint density at radius 2 is 1.85 bits per heavy atom. The van der Waals surface area contributed by atoms with Crippen molar-refractivity contribution in [3.05, 3.63) is 60.6 Å². The zero-order chi connectivity index (χ0) is 23.3. The second-order valence-corrected chi connectivity index (χ2v) is 8.73. The third-order valence-corrected chi connectivity index (χ3v) is 5.51. The van der Waals surface area contributed by atoms with E-state index < -0.39 is 5.60 Å². The molecule has 5 rings (SSSR count). The van der Waals surface area contributed by atoms with E-state index in [2.05, 4.69) is 15.1 Å². The summed E-state index contributed by atoms with van der Waals surface area (Å²) in [5.74, 6) is 0.316. The molecule has 0 unspecified atom stereocenters. The normalized spacial score (nSPS) is 12.1. The molecular weight excluding hydrogens is 423 g/mol. The van der Waals surface area contributed by atoms with Crippen molar-refractivity contribution in [2.75, 3.05) is 0 Å². The van der Waals surface area contributed by atoms with Crippen LogP contribution in [-0.2, 0) is 13.6 Å². The van der Waals surface area contributed by atoms with Crippen LogP contribution >= 0.6 is 0 Å². The van der Waals surface area contributed by atoms with Gasteiger partial charge in [-0.15, -0.1) is 0 Å². The molecule has 1 aromatic carbocycles. The van der Waals surface area contributed by atoms with Gasteiger partial charge in [0.25, 0.3) is 0 Å². The van der Waals surface area contributed by atoms with E-state index in [1.54, 1.807) is 41.5 Å². The smallest absolute Gasteiger partial charge is 0.230 e. The fourth-order valence-corrected chi connectivity index (χ4v) is 3.84. The summed E-state index contributed by atoms with van der Waals surface area (Å²) in [4.78, 5) is 8.85. The highest BCUT2D eigenvalue weighted by Gasteiger charge is 2.22. The van der Waals surface area contributed by atoms with Gasteiger partial charge in [-0.3, -0.25) is 9.36 Å².